The summed E-state index contributed by atoms with van der Waals surface area (Å²) in [6, 6.07) is 17.6. The van der Waals surface area contributed by atoms with Crippen LogP contribution in [0.25, 0.3) is 0 Å². The molecule has 0 aliphatic heterocycles. The van der Waals surface area contributed by atoms with Gasteiger partial charge in [0, 0.05) is 0 Å². The average molecular weight is 338 g/mol. The molecule has 0 aliphatic rings. The molecule has 132 valence electrons. The Bertz CT molecular complexity index is 704. The fourth-order valence-corrected chi connectivity index (χ4v) is 2.39. The van der Waals surface area contributed by atoms with Gasteiger partial charge in [-0.05, 0) is 35.1 Å². The van der Waals surface area contributed by atoms with Gasteiger partial charge in [0.05, 0.1) is 5.71 Å². The molecular weight excluding hydrogens is 312 g/mol. The van der Waals surface area contributed by atoms with E-state index in [1.807, 2.05) is 68.4 Å². The number of nitrogens with one attached hydrogen (secondary N) is 1. The lowest BCUT2D eigenvalue weighted by atomic mass is 10.0. The van der Waals surface area contributed by atoms with E-state index in [9.17, 15) is 4.79 Å². The molecule has 2 aromatic rings. The van der Waals surface area contributed by atoms with E-state index in [4.69, 9.17) is 4.74 Å². The number of benzene rings is 2. The molecule has 2 rings (SSSR count). The third-order valence-electron chi connectivity index (χ3n) is 3.83. The van der Waals surface area contributed by atoms with Gasteiger partial charge in [-0.2, -0.15) is 5.10 Å². The van der Waals surface area contributed by atoms with E-state index in [1.54, 1.807) is 0 Å². The zero-order valence-electron chi connectivity index (χ0n) is 15.3. The third kappa shape index (κ3) is 5.75. The zero-order chi connectivity index (χ0) is 18.2. The lowest BCUT2D eigenvalue weighted by Crippen LogP contribution is -2.27. The number of ether oxygens (including phenoxy) is 1. The summed E-state index contributed by atoms with van der Waals surface area (Å²) in [4.78, 5) is 12.0. The van der Waals surface area contributed by atoms with Crippen LogP contribution in [0.5, 0.6) is 5.75 Å². The van der Waals surface area contributed by atoms with Crippen molar-refractivity contribution < 1.29 is 9.53 Å². The molecular formula is C21H26N2O2. The molecule has 0 atom stereocenters. The van der Waals surface area contributed by atoms with Crippen LogP contribution in [0.15, 0.2) is 59.7 Å². The summed E-state index contributed by atoms with van der Waals surface area (Å²) in [6.07, 6.45) is 0. The molecule has 0 spiro atoms. The van der Waals surface area contributed by atoms with Crippen LogP contribution >= 0.6 is 0 Å². The standard InChI is InChI=1S/C21H26N2O2/c1-15(2)17-10-12-19(13-11-17)25-14-20(24)22-23-21(16(3)4)18-8-6-5-7-9-18/h5-13,15-16H,14H2,1-4H3,(H,22,24)/b23-21+. The minimum Gasteiger partial charge on any atom is -0.484 e. The molecule has 0 radical (unpaired) electrons. The Morgan fingerprint density at radius 1 is 1.00 bits per heavy atom. The van der Waals surface area contributed by atoms with Crippen LogP contribution in [0.4, 0.5) is 0 Å². The van der Waals surface area contributed by atoms with Crippen LogP contribution < -0.4 is 10.2 Å². The largest absolute Gasteiger partial charge is 0.484 e. The van der Waals surface area contributed by atoms with Gasteiger partial charge in [-0.1, -0.05) is 70.2 Å². The Balaban J connectivity index is 1.92. The molecule has 0 saturated heterocycles. The van der Waals surface area contributed by atoms with Gasteiger partial charge in [-0.15, -0.1) is 0 Å². The van der Waals surface area contributed by atoms with Crippen LogP contribution in [-0.4, -0.2) is 18.2 Å². The molecule has 0 unspecified atom stereocenters. The van der Waals surface area contributed by atoms with Crippen molar-refractivity contribution in [2.45, 2.75) is 33.6 Å². The number of rotatable bonds is 7. The smallest absolute Gasteiger partial charge is 0.277 e. The van der Waals surface area contributed by atoms with E-state index in [0.717, 1.165) is 11.3 Å². The molecule has 0 aromatic heterocycles. The highest BCUT2D eigenvalue weighted by Crippen LogP contribution is 2.18. The van der Waals surface area contributed by atoms with Crippen LogP contribution in [0, 0.1) is 5.92 Å². The van der Waals surface area contributed by atoms with Gasteiger partial charge in [-0.3, -0.25) is 4.79 Å². The van der Waals surface area contributed by atoms with Crippen molar-refractivity contribution in [3.05, 3.63) is 65.7 Å². The van der Waals surface area contributed by atoms with Gasteiger partial charge >= 0.3 is 0 Å². The quantitative estimate of drug-likeness (QED) is 0.602. The molecule has 4 heteroatoms. The van der Waals surface area contributed by atoms with E-state index in [-0.39, 0.29) is 18.4 Å². The maximum absolute atomic E-state index is 12.0. The van der Waals surface area contributed by atoms with E-state index < -0.39 is 0 Å². The molecule has 0 aliphatic carbocycles. The monoisotopic (exact) mass is 338 g/mol. The third-order valence-corrected chi connectivity index (χ3v) is 3.83. The highest BCUT2D eigenvalue weighted by Gasteiger charge is 2.09. The molecule has 0 fully saturated rings. The maximum Gasteiger partial charge on any atom is 0.277 e. The van der Waals surface area contributed by atoms with E-state index in [0.29, 0.717) is 11.7 Å². The van der Waals surface area contributed by atoms with Crippen molar-refractivity contribution in [2.75, 3.05) is 6.61 Å². The number of amides is 1. The first-order chi connectivity index (χ1) is 12.0. The summed E-state index contributed by atoms with van der Waals surface area (Å²) in [5, 5.41) is 4.28. The molecule has 0 heterocycles. The van der Waals surface area contributed by atoms with Crippen LogP contribution in [0.3, 0.4) is 0 Å². The molecule has 25 heavy (non-hydrogen) atoms. The lowest BCUT2D eigenvalue weighted by molar-refractivity contribution is -0.123. The van der Waals surface area contributed by atoms with Crippen molar-refractivity contribution in [3.63, 3.8) is 0 Å². The number of carbonyl (C=O) groups is 1. The van der Waals surface area contributed by atoms with Gasteiger partial charge in [0.2, 0.25) is 0 Å². The molecule has 2 aromatic carbocycles. The van der Waals surface area contributed by atoms with Crippen molar-refractivity contribution in [3.8, 4) is 5.75 Å². The van der Waals surface area contributed by atoms with Gasteiger partial charge in [-0.25, -0.2) is 5.43 Å². The molecule has 0 bridgehead atoms. The summed E-state index contributed by atoms with van der Waals surface area (Å²) in [5.41, 5.74) is 5.67. The minimum atomic E-state index is -0.276. The normalized spacial score (nSPS) is 11.7. The van der Waals surface area contributed by atoms with Crippen LogP contribution in [-0.2, 0) is 4.79 Å². The first kappa shape index (κ1) is 18.7. The first-order valence-corrected chi connectivity index (χ1v) is 8.62. The van der Waals surface area contributed by atoms with E-state index in [1.165, 1.54) is 5.56 Å². The molecule has 1 N–H and O–H groups in total. The SMILES string of the molecule is CC(C)/C(=N\NC(=O)COc1ccc(C(C)C)cc1)c1ccccc1. The minimum absolute atomic E-state index is 0.0648. The predicted octanol–water partition coefficient (Wildman–Crippen LogP) is 4.37. The van der Waals surface area contributed by atoms with E-state index >= 15 is 0 Å². The number of hydrogen-bond acceptors (Lipinski definition) is 3. The Labute approximate surface area is 149 Å². The second kappa shape index (κ2) is 9.02. The second-order valence-electron chi connectivity index (χ2n) is 6.57. The van der Waals surface area contributed by atoms with Crippen molar-refractivity contribution in [2.24, 2.45) is 11.0 Å². The summed E-state index contributed by atoms with van der Waals surface area (Å²) < 4.78 is 5.52. The fraction of sp³-hybridized carbons (Fsp3) is 0.333. The fourth-order valence-electron chi connectivity index (χ4n) is 2.39. The van der Waals surface area contributed by atoms with Crippen molar-refractivity contribution >= 4 is 11.6 Å². The number of carbonyl (C=O) groups excluding carboxylic acids is 1. The summed E-state index contributed by atoms with van der Waals surface area (Å²) in [5.74, 6) is 1.07. The number of hydrazone groups is 1. The topological polar surface area (TPSA) is 50.7 Å². The van der Waals surface area contributed by atoms with Crippen molar-refractivity contribution in [1.82, 2.24) is 5.43 Å². The predicted molar refractivity (Wildman–Crippen MR) is 102 cm³/mol. The first-order valence-electron chi connectivity index (χ1n) is 8.62. The van der Waals surface area contributed by atoms with E-state index in [2.05, 4.69) is 24.4 Å². The Kier molecular flexibility index (Phi) is 6.75. The molecule has 4 nitrogen and oxygen atoms in total. The van der Waals surface area contributed by atoms with Crippen LogP contribution in [0.2, 0.25) is 0 Å². The maximum atomic E-state index is 12.0. The van der Waals surface area contributed by atoms with Gasteiger partial charge in [0.25, 0.3) is 5.91 Å². The van der Waals surface area contributed by atoms with Gasteiger partial charge in [0.1, 0.15) is 5.75 Å². The summed E-state index contributed by atoms with van der Waals surface area (Å²) in [7, 11) is 0. The Hall–Kier alpha value is -2.62. The second-order valence-corrected chi connectivity index (χ2v) is 6.57. The zero-order valence-corrected chi connectivity index (χ0v) is 15.3. The number of nitrogens with zero attached hydrogens (tertiary/aromatic N) is 1. The Morgan fingerprint density at radius 3 is 2.20 bits per heavy atom. The Morgan fingerprint density at radius 2 is 1.64 bits per heavy atom. The van der Waals surface area contributed by atoms with Gasteiger partial charge in [0.15, 0.2) is 6.61 Å². The van der Waals surface area contributed by atoms with Gasteiger partial charge < -0.3 is 4.74 Å². The highest BCUT2D eigenvalue weighted by atomic mass is 16.5. The summed E-state index contributed by atoms with van der Waals surface area (Å²) in [6.45, 7) is 8.31. The average Bonchev–Trinajstić information content (AvgIpc) is 2.61. The van der Waals surface area contributed by atoms with Crippen LogP contribution in [0.1, 0.15) is 44.7 Å². The van der Waals surface area contributed by atoms with Crippen molar-refractivity contribution in [1.29, 1.82) is 0 Å². The highest BCUT2D eigenvalue weighted by molar-refractivity contribution is 6.02. The summed E-state index contributed by atoms with van der Waals surface area (Å²) >= 11 is 0. The lowest BCUT2D eigenvalue weighted by Gasteiger charge is -2.11. The molecule has 1 amide bonds. The molecule has 0 saturated carbocycles. The number of hydrogen-bond donors (Lipinski definition) is 1.